The third kappa shape index (κ3) is 5.87. The number of aromatic nitrogens is 2. The van der Waals surface area contributed by atoms with E-state index in [1.165, 1.54) is 49.5 Å². The number of rotatable bonds is 6. The molecular formula is C57H40N2. The van der Waals surface area contributed by atoms with Gasteiger partial charge in [0.15, 0.2) is 5.82 Å². The van der Waals surface area contributed by atoms with Crippen LogP contribution in [0.25, 0.3) is 100.0 Å². The van der Waals surface area contributed by atoms with Crippen molar-refractivity contribution in [1.29, 1.82) is 0 Å². The molecule has 0 unspecified atom stereocenters. The minimum absolute atomic E-state index is 0.181. The van der Waals surface area contributed by atoms with Crippen LogP contribution in [0.5, 0.6) is 0 Å². The molecule has 0 radical (unpaired) electrons. The third-order valence-electron chi connectivity index (χ3n) is 12.3. The molecule has 1 aliphatic carbocycles. The maximum atomic E-state index is 5.45. The number of fused-ring (bicyclic) bond motifs is 6. The SMILES string of the molecule is CC1(C)c2ccc3ccccc3c2-c2cccc(-c3ccc(-c4nc(-c5ccccc5)cc(-c5cc(-c6ccccc6)cc(-c6ccccc6)c5)n4)c4ccccc34)c21. The first-order valence-electron chi connectivity index (χ1n) is 20.4. The summed E-state index contributed by atoms with van der Waals surface area (Å²) in [7, 11) is 0. The molecule has 2 heteroatoms. The van der Waals surface area contributed by atoms with Crippen molar-refractivity contribution in [3.63, 3.8) is 0 Å². The summed E-state index contributed by atoms with van der Waals surface area (Å²) >= 11 is 0. The summed E-state index contributed by atoms with van der Waals surface area (Å²) in [4.78, 5) is 10.8. The summed E-state index contributed by atoms with van der Waals surface area (Å²) in [6.07, 6.45) is 0. The largest absolute Gasteiger partial charge is 0.228 e. The molecule has 0 amide bonds. The van der Waals surface area contributed by atoms with Gasteiger partial charge in [-0.1, -0.05) is 190 Å². The van der Waals surface area contributed by atoms with Crippen LogP contribution < -0.4 is 0 Å². The highest BCUT2D eigenvalue weighted by Gasteiger charge is 2.38. The van der Waals surface area contributed by atoms with Crippen LogP contribution >= 0.6 is 0 Å². The lowest BCUT2D eigenvalue weighted by molar-refractivity contribution is 0.662. The van der Waals surface area contributed by atoms with E-state index in [9.17, 15) is 0 Å². The molecule has 11 rings (SSSR count). The summed E-state index contributed by atoms with van der Waals surface area (Å²) in [6, 6.07) is 74.2. The highest BCUT2D eigenvalue weighted by Crippen LogP contribution is 2.55. The molecule has 0 fully saturated rings. The van der Waals surface area contributed by atoms with E-state index < -0.39 is 0 Å². The number of hydrogen-bond acceptors (Lipinski definition) is 2. The van der Waals surface area contributed by atoms with Gasteiger partial charge in [-0.3, -0.25) is 0 Å². The Kier molecular flexibility index (Phi) is 8.20. The van der Waals surface area contributed by atoms with Crippen LogP contribution in [0.2, 0.25) is 0 Å². The van der Waals surface area contributed by atoms with Gasteiger partial charge in [0.05, 0.1) is 11.4 Å². The van der Waals surface area contributed by atoms with E-state index in [2.05, 4.69) is 220 Å². The fourth-order valence-corrected chi connectivity index (χ4v) is 9.45. The quantitative estimate of drug-likeness (QED) is 0.169. The molecular weight excluding hydrogens is 713 g/mol. The lowest BCUT2D eigenvalue weighted by atomic mass is 9.78. The molecule has 9 aromatic carbocycles. The van der Waals surface area contributed by atoms with Gasteiger partial charge in [0.1, 0.15) is 0 Å². The van der Waals surface area contributed by atoms with Crippen molar-refractivity contribution < 1.29 is 0 Å². The Hall–Kier alpha value is -7.42. The molecule has 2 nitrogen and oxygen atoms in total. The average Bonchev–Trinajstić information content (AvgIpc) is 3.55. The van der Waals surface area contributed by atoms with Crippen LogP contribution in [0, 0.1) is 0 Å². The van der Waals surface area contributed by atoms with Gasteiger partial charge in [-0.05, 0) is 108 Å². The van der Waals surface area contributed by atoms with Gasteiger partial charge in [0, 0.05) is 22.1 Å². The molecule has 1 heterocycles. The maximum absolute atomic E-state index is 5.45. The summed E-state index contributed by atoms with van der Waals surface area (Å²) in [5.74, 6) is 0.702. The second-order valence-electron chi connectivity index (χ2n) is 16.1. The summed E-state index contributed by atoms with van der Waals surface area (Å²) < 4.78 is 0. The van der Waals surface area contributed by atoms with Crippen LogP contribution in [0.15, 0.2) is 206 Å². The second kappa shape index (κ2) is 13.9. The molecule has 10 aromatic rings. The van der Waals surface area contributed by atoms with Gasteiger partial charge in [-0.15, -0.1) is 0 Å². The first kappa shape index (κ1) is 34.8. The van der Waals surface area contributed by atoms with E-state index in [0.717, 1.165) is 55.7 Å². The fraction of sp³-hybridized carbons (Fsp3) is 0.0526. The highest BCUT2D eigenvalue weighted by molar-refractivity contribution is 6.08. The minimum atomic E-state index is -0.181. The first-order valence-corrected chi connectivity index (χ1v) is 20.4. The second-order valence-corrected chi connectivity index (χ2v) is 16.1. The Morgan fingerprint density at radius 1 is 0.339 bits per heavy atom. The van der Waals surface area contributed by atoms with Gasteiger partial charge >= 0.3 is 0 Å². The van der Waals surface area contributed by atoms with Crippen LogP contribution in [0.4, 0.5) is 0 Å². The maximum Gasteiger partial charge on any atom is 0.161 e. The van der Waals surface area contributed by atoms with Crippen molar-refractivity contribution in [2.75, 3.05) is 0 Å². The molecule has 1 aliphatic rings. The van der Waals surface area contributed by atoms with Crippen LogP contribution in [-0.2, 0) is 5.41 Å². The molecule has 0 bridgehead atoms. The highest BCUT2D eigenvalue weighted by atomic mass is 14.9. The molecule has 59 heavy (non-hydrogen) atoms. The number of benzene rings is 9. The topological polar surface area (TPSA) is 25.8 Å². The molecule has 0 spiro atoms. The van der Waals surface area contributed by atoms with Crippen molar-refractivity contribution in [3.05, 3.63) is 217 Å². The smallest absolute Gasteiger partial charge is 0.161 e. The lowest BCUT2D eigenvalue weighted by Crippen LogP contribution is -2.16. The van der Waals surface area contributed by atoms with Gasteiger partial charge in [0.25, 0.3) is 0 Å². The Morgan fingerprint density at radius 3 is 1.51 bits per heavy atom. The fourth-order valence-electron chi connectivity index (χ4n) is 9.45. The number of nitrogens with zero attached hydrogens (tertiary/aromatic N) is 2. The standard InChI is InChI=1S/C57H40N2/c1-57(2)51-32-29-39-21-12-13-24-44(39)54(51)50-28-16-27-48(55(50)57)47-30-31-49(46-26-15-14-25-45(46)47)56-58-52(40-22-10-5-11-23-40)36-53(59-56)43-34-41(37-17-6-3-7-18-37)33-42(35-43)38-19-8-4-9-20-38/h3-36H,1-2H3. The average molecular weight is 753 g/mol. The molecule has 0 N–H and O–H groups in total. The van der Waals surface area contributed by atoms with E-state index in [1.54, 1.807) is 0 Å². The molecule has 278 valence electrons. The Bertz CT molecular complexity index is 3160. The van der Waals surface area contributed by atoms with Crippen molar-refractivity contribution >= 4 is 21.5 Å². The zero-order valence-electron chi connectivity index (χ0n) is 33.0. The molecule has 0 saturated carbocycles. The van der Waals surface area contributed by atoms with Gasteiger partial charge < -0.3 is 0 Å². The zero-order valence-corrected chi connectivity index (χ0v) is 33.0. The summed E-state index contributed by atoms with van der Waals surface area (Å²) in [5, 5.41) is 4.89. The molecule has 0 atom stereocenters. The van der Waals surface area contributed by atoms with Crippen molar-refractivity contribution in [2.24, 2.45) is 0 Å². The van der Waals surface area contributed by atoms with Crippen LogP contribution in [0.3, 0.4) is 0 Å². The van der Waals surface area contributed by atoms with Gasteiger partial charge in [0.2, 0.25) is 0 Å². The summed E-state index contributed by atoms with van der Waals surface area (Å²) in [6.45, 7) is 4.76. The van der Waals surface area contributed by atoms with E-state index in [0.29, 0.717) is 5.82 Å². The van der Waals surface area contributed by atoms with Crippen LogP contribution in [-0.4, -0.2) is 9.97 Å². The predicted molar refractivity (Wildman–Crippen MR) is 247 cm³/mol. The Balaban J connectivity index is 1.11. The molecule has 0 saturated heterocycles. The molecule has 1 aromatic heterocycles. The Labute approximate surface area is 345 Å². The predicted octanol–water partition coefficient (Wildman–Crippen LogP) is 15.1. The zero-order chi connectivity index (χ0) is 39.5. The van der Waals surface area contributed by atoms with E-state index in [1.807, 2.05) is 0 Å². The van der Waals surface area contributed by atoms with E-state index >= 15 is 0 Å². The van der Waals surface area contributed by atoms with Crippen molar-refractivity contribution in [1.82, 2.24) is 9.97 Å². The van der Waals surface area contributed by atoms with E-state index in [-0.39, 0.29) is 5.41 Å². The molecule has 0 aliphatic heterocycles. The van der Waals surface area contributed by atoms with Crippen molar-refractivity contribution in [3.8, 4) is 78.4 Å². The van der Waals surface area contributed by atoms with Crippen molar-refractivity contribution in [2.45, 2.75) is 19.3 Å². The summed E-state index contributed by atoms with van der Waals surface area (Å²) in [5.41, 5.74) is 17.2. The first-order chi connectivity index (χ1) is 29.0. The van der Waals surface area contributed by atoms with E-state index in [4.69, 9.17) is 9.97 Å². The van der Waals surface area contributed by atoms with Gasteiger partial charge in [-0.2, -0.15) is 0 Å². The minimum Gasteiger partial charge on any atom is -0.228 e. The normalized spacial score (nSPS) is 12.7. The van der Waals surface area contributed by atoms with Crippen LogP contribution in [0.1, 0.15) is 25.0 Å². The lowest BCUT2D eigenvalue weighted by Gasteiger charge is -2.25. The van der Waals surface area contributed by atoms with Gasteiger partial charge in [-0.25, -0.2) is 9.97 Å². The Morgan fingerprint density at radius 2 is 0.847 bits per heavy atom. The number of hydrogen-bond donors (Lipinski definition) is 0. The monoisotopic (exact) mass is 752 g/mol. The third-order valence-corrected chi connectivity index (χ3v) is 12.3.